The first-order valence-corrected chi connectivity index (χ1v) is 9.43. The fraction of sp³-hybridized carbons (Fsp3) is 0.0385. The number of rotatable bonds is 5. The molecule has 0 atom stereocenters. The lowest BCUT2D eigenvalue weighted by Crippen LogP contribution is -1.94. The summed E-state index contributed by atoms with van der Waals surface area (Å²) in [4.78, 5) is 14.0. The van der Waals surface area contributed by atoms with Gasteiger partial charge in [-0.05, 0) is 53.4 Å². The topological polar surface area (TPSA) is 38.7 Å². The van der Waals surface area contributed by atoms with Crippen LogP contribution in [0.4, 0.5) is 0 Å². The molecule has 0 unspecified atom stereocenters. The molecule has 1 aromatic carbocycles. The smallest absolute Gasteiger partial charge is 0.0900 e. The zero-order valence-corrected chi connectivity index (χ0v) is 16.3. The van der Waals surface area contributed by atoms with Crippen LogP contribution in [0.1, 0.15) is 16.7 Å². The molecule has 3 nitrogen and oxygen atoms in total. The molecule has 0 N–H and O–H groups in total. The van der Waals surface area contributed by atoms with Gasteiger partial charge in [-0.25, -0.2) is 4.98 Å². The van der Waals surface area contributed by atoms with Crippen molar-refractivity contribution >= 4 is 12.2 Å². The van der Waals surface area contributed by atoms with E-state index in [4.69, 9.17) is 4.98 Å². The van der Waals surface area contributed by atoms with Crippen molar-refractivity contribution in [2.24, 2.45) is 0 Å². The molecule has 4 rings (SSSR count). The van der Waals surface area contributed by atoms with E-state index in [1.807, 2.05) is 24.3 Å². The molecule has 0 saturated heterocycles. The summed E-state index contributed by atoms with van der Waals surface area (Å²) in [5.41, 5.74) is 8.64. The van der Waals surface area contributed by atoms with Crippen molar-refractivity contribution in [1.82, 2.24) is 15.0 Å². The SMILES string of the molecule is C=Cc1ccc(-c2cc(-c3ccc(C)cc3)cc(-c3ccc(C=C)cn3)n2)nc1. The number of nitrogens with zero attached hydrogens (tertiary/aromatic N) is 3. The van der Waals surface area contributed by atoms with Gasteiger partial charge in [0.25, 0.3) is 0 Å². The van der Waals surface area contributed by atoms with Crippen LogP contribution in [0.3, 0.4) is 0 Å². The maximum absolute atomic E-state index is 4.85. The molecule has 0 saturated carbocycles. The average molecular weight is 375 g/mol. The fourth-order valence-corrected chi connectivity index (χ4v) is 3.06. The van der Waals surface area contributed by atoms with Gasteiger partial charge < -0.3 is 0 Å². The maximum atomic E-state index is 4.85. The maximum Gasteiger partial charge on any atom is 0.0900 e. The van der Waals surface area contributed by atoms with Gasteiger partial charge in [0, 0.05) is 12.4 Å². The average Bonchev–Trinajstić information content (AvgIpc) is 2.79. The van der Waals surface area contributed by atoms with Gasteiger partial charge >= 0.3 is 0 Å². The second-order valence-electron chi connectivity index (χ2n) is 6.85. The zero-order valence-electron chi connectivity index (χ0n) is 16.3. The van der Waals surface area contributed by atoms with E-state index in [0.29, 0.717) is 0 Å². The Kier molecular flexibility index (Phi) is 5.12. The Morgan fingerprint density at radius 2 is 1.14 bits per heavy atom. The molecule has 0 spiro atoms. The summed E-state index contributed by atoms with van der Waals surface area (Å²) in [6.07, 6.45) is 7.17. The van der Waals surface area contributed by atoms with Crippen molar-refractivity contribution in [1.29, 1.82) is 0 Å². The van der Waals surface area contributed by atoms with Crippen LogP contribution < -0.4 is 0 Å². The van der Waals surface area contributed by atoms with Crippen molar-refractivity contribution in [3.05, 3.63) is 103 Å². The molecule has 3 heterocycles. The van der Waals surface area contributed by atoms with Gasteiger partial charge in [-0.1, -0.05) is 67.3 Å². The molecule has 3 heteroatoms. The van der Waals surface area contributed by atoms with Crippen LogP contribution in [0.2, 0.25) is 0 Å². The first kappa shape index (κ1) is 18.5. The Morgan fingerprint density at radius 3 is 1.55 bits per heavy atom. The van der Waals surface area contributed by atoms with Crippen LogP contribution in [0.25, 0.3) is 46.1 Å². The Hall–Kier alpha value is -3.85. The number of hydrogen-bond acceptors (Lipinski definition) is 3. The van der Waals surface area contributed by atoms with E-state index in [2.05, 4.69) is 66.4 Å². The lowest BCUT2D eigenvalue weighted by Gasteiger charge is -2.10. The predicted octanol–water partition coefficient (Wildman–Crippen LogP) is 6.47. The minimum absolute atomic E-state index is 0.809. The summed E-state index contributed by atoms with van der Waals surface area (Å²) in [5.74, 6) is 0. The quantitative estimate of drug-likeness (QED) is 0.401. The second kappa shape index (κ2) is 8.03. The van der Waals surface area contributed by atoms with Crippen molar-refractivity contribution in [3.8, 4) is 33.9 Å². The van der Waals surface area contributed by atoms with Gasteiger partial charge in [0.15, 0.2) is 0 Å². The van der Waals surface area contributed by atoms with Crippen LogP contribution in [0.5, 0.6) is 0 Å². The van der Waals surface area contributed by atoms with E-state index in [-0.39, 0.29) is 0 Å². The largest absolute Gasteiger partial charge is 0.254 e. The van der Waals surface area contributed by atoms with E-state index in [9.17, 15) is 0 Å². The Labute approximate surface area is 171 Å². The minimum Gasteiger partial charge on any atom is -0.254 e. The van der Waals surface area contributed by atoms with Crippen LogP contribution in [-0.4, -0.2) is 15.0 Å². The molecule has 29 heavy (non-hydrogen) atoms. The summed E-state index contributed by atoms with van der Waals surface area (Å²) >= 11 is 0. The van der Waals surface area contributed by atoms with Crippen LogP contribution >= 0.6 is 0 Å². The number of aromatic nitrogens is 3. The van der Waals surface area contributed by atoms with E-state index in [0.717, 1.165) is 45.0 Å². The normalized spacial score (nSPS) is 10.5. The highest BCUT2D eigenvalue weighted by Gasteiger charge is 2.10. The van der Waals surface area contributed by atoms with Gasteiger partial charge in [-0.2, -0.15) is 0 Å². The first-order chi connectivity index (χ1) is 14.2. The third-order valence-corrected chi connectivity index (χ3v) is 4.78. The summed E-state index contributed by atoms with van der Waals surface area (Å²) in [6.45, 7) is 9.67. The van der Waals surface area contributed by atoms with Crippen LogP contribution in [0.15, 0.2) is 86.2 Å². The third kappa shape index (κ3) is 4.04. The molecule has 0 amide bonds. The Bertz CT molecular complexity index is 1090. The molecule has 3 aromatic heterocycles. The van der Waals surface area contributed by atoms with E-state index >= 15 is 0 Å². The number of aryl methyl sites for hydroxylation is 1. The molecule has 0 radical (unpaired) electrons. The first-order valence-electron chi connectivity index (χ1n) is 9.43. The van der Waals surface area contributed by atoms with Crippen molar-refractivity contribution in [3.63, 3.8) is 0 Å². The standard InChI is InChI=1S/C26H21N3/c1-4-19-8-12-23(27-16-19)25-14-22(21-10-6-18(3)7-11-21)15-26(29-25)24-13-9-20(5-2)17-28-24/h4-17H,1-2H2,3H3. The monoisotopic (exact) mass is 375 g/mol. The number of benzene rings is 1. The molecule has 0 aliphatic carbocycles. The molecular weight excluding hydrogens is 354 g/mol. The van der Waals surface area contributed by atoms with Crippen molar-refractivity contribution in [2.45, 2.75) is 6.92 Å². The van der Waals surface area contributed by atoms with Gasteiger partial charge in [0.1, 0.15) is 0 Å². The van der Waals surface area contributed by atoms with E-state index in [1.54, 1.807) is 24.5 Å². The van der Waals surface area contributed by atoms with Gasteiger partial charge in [0.05, 0.1) is 22.8 Å². The number of pyridine rings is 3. The minimum atomic E-state index is 0.809. The summed E-state index contributed by atoms with van der Waals surface area (Å²) in [7, 11) is 0. The highest BCUT2D eigenvalue weighted by atomic mass is 14.8. The molecule has 0 aliphatic rings. The summed E-state index contributed by atoms with van der Waals surface area (Å²) in [5, 5.41) is 0. The Morgan fingerprint density at radius 1 is 0.621 bits per heavy atom. The highest BCUT2D eigenvalue weighted by Crippen LogP contribution is 2.29. The summed E-state index contributed by atoms with van der Waals surface area (Å²) < 4.78 is 0. The van der Waals surface area contributed by atoms with Crippen molar-refractivity contribution < 1.29 is 0 Å². The lowest BCUT2D eigenvalue weighted by atomic mass is 10.0. The van der Waals surface area contributed by atoms with Gasteiger partial charge in [-0.3, -0.25) is 9.97 Å². The molecular formula is C26H21N3. The second-order valence-corrected chi connectivity index (χ2v) is 6.85. The Balaban J connectivity index is 1.86. The summed E-state index contributed by atoms with van der Waals surface area (Å²) in [6, 6.07) is 20.5. The third-order valence-electron chi connectivity index (χ3n) is 4.78. The molecule has 4 aromatic rings. The lowest BCUT2D eigenvalue weighted by molar-refractivity contribution is 1.21. The fourth-order valence-electron chi connectivity index (χ4n) is 3.06. The van der Waals surface area contributed by atoms with E-state index < -0.39 is 0 Å². The molecule has 0 bridgehead atoms. The highest BCUT2D eigenvalue weighted by molar-refractivity contribution is 5.75. The van der Waals surface area contributed by atoms with Crippen LogP contribution in [0, 0.1) is 6.92 Å². The molecule has 0 aliphatic heterocycles. The van der Waals surface area contributed by atoms with E-state index in [1.165, 1.54) is 5.56 Å². The van der Waals surface area contributed by atoms with Crippen LogP contribution in [-0.2, 0) is 0 Å². The number of hydrogen-bond donors (Lipinski definition) is 0. The molecule has 140 valence electrons. The molecule has 0 fully saturated rings. The van der Waals surface area contributed by atoms with Gasteiger partial charge in [-0.15, -0.1) is 0 Å². The zero-order chi connectivity index (χ0) is 20.2. The van der Waals surface area contributed by atoms with Gasteiger partial charge in [0.2, 0.25) is 0 Å². The van der Waals surface area contributed by atoms with Crippen molar-refractivity contribution in [2.75, 3.05) is 0 Å². The predicted molar refractivity (Wildman–Crippen MR) is 121 cm³/mol.